The Hall–Kier alpha value is -1.39. The molecule has 2 heterocycles. The first-order valence-corrected chi connectivity index (χ1v) is 8.38. The minimum atomic E-state index is -0.430. The molecule has 4 rings (SSSR count). The molecule has 0 spiro atoms. The van der Waals surface area contributed by atoms with Crippen LogP contribution in [0.4, 0.5) is 5.69 Å². The second-order valence-corrected chi connectivity index (χ2v) is 7.25. The summed E-state index contributed by atoms with van der Waals surface area (Å²) in [6.45, 7) is 2.70. The molecule has 1 saturated carbocycles. The number of carbonyl (C=O) groups excluding carboxylic acids is 1. The summed E-state index contributed by atoms with van der Waals surface area (Å²) in [6, 6.07) is 6.44. The van der Waals surface area contributed by atoms with E-state index in [4.69, 9.17) is 0 Å². The Morgan fingerprint density at radius 2 is 2.14 bits per heavy atom. The van der Waals surface area contributed by atoms with E-state index in [1.807, 2.05) is 7.05 Å². The summed E-state index contributed by atoms with van der Waals surface area (Å²) in [5.74, 6) is 0.745. The van der Waals surface area contributed by atoms with Crippen LogP contribution >= 0.6 is 0 Å². The van der Waals surface area contributed by atoms with Crippen molar-refractivity contribution in [2.45, 2.75) is 44.2 Å². The van der Waals surface area contributed by atoms with Crippen LogP contribution in [0.2, 0.25) is 0 Å². The maximum absolute atomic E-state index is 11.8. The molecule has 4 nitrogen and oxygen atoms in total. The van der Waals surface area contributed by atoms with Crippen LogP contribution in [0.1, 0.15) is 36.8 Å². The minimum Gasteiger partial charge on any atom is -0.388 e. The van der Waals surface area contributed by atoms with Crippen molar-refractivity contribution in [3.05, 3.63) is 29.3 Å². The van der Waals surface area contributed by atoms with E-state index in [2.05, 4.69) is 23.1 Å². The van der Waals surface area contributed by atoms with Crippen LogP contribution in [0.15, 0.2) is 18.2 Å². The number of nitrogens with zero attached hydrogens (tertiary/aromatic N) is 2. The largest absolute Gasteiger partial charge is 0.388 e. The molecule has 1 aromatic carbocycles. The van der Waals surface area contributed by atoms with E-state index in [0.717, 1.165) is 38.2 Å². The Balaban J connectivity index is 1.47. The molecule has 1 N–H and O–H groups in total. The second kappa shape index (κ2) is 5.07. The van der Waals surface area contributed by atoms with Gasteiger partial charge in [-0.1, -0.05) is 12.1 Å². The predicted molar refractivity (Wildman–Crippen MR) is 85.7 cm³/mol. The lowest BCUT2D eigenvalue weighted by molar-refractivity contribution is -0.118. The van der Waals surface area contributed by atoms with Gasteiger partial charge in [-0.2, -0.15) is 0 Å². The van der Waals surface area contributed by atoms with Crippen LogP contribution in [-0.4, -0.2) is 41.7 Å². The number of amides is 1. The Morgan fingerprint density at radius 1 is 1.32 bits per heavy atom. The van der Waals surface area contributed by atoms with Gasteiger partial charge in [0.1, 0.15) is 0 Å². The number of anilines is 1. The molecule has 1 saturated heterocycles. The van der Waals surface area contributed by atoms with E-state index in [0.29, 0.717) is 12.3 Å². The lowest BCUT2D eigenvalue weighted by Gasteiger charge is -2.27. The number of rotatable bonds is 3. The van der Waals surface area contributed by atoms with Gasteiger partial charge in [-0.05, 0) is 48.8 Å². The molecule has 3 aliphatic rings. The quantitative estimate of drug-likeness (QED) is 0.928. The summed E-state index contributed by atoms with van der Waals surface area (Å²) in [7, 11) is 1.86. The van der Waals surface area contributed by atoms with Crippen molar-refractivity contribution in [2.75, 3.05) is 25.0 Å². The third-order valence-electron chi connectivity index (χ3n) is 5.59. The number of hydrogen-bond donors (Lipinski definition) is 1. The van der Waals surface area contributed by atoms with Crippen molar-refractivity contribution >= 4 is 11.6 Å². The maximum atomic E-state index is 11.8. The summed E-state index contributed by atoms with van der Waals surface area (Å²) < 4.78 is 0. The predicted octanol–water partition coefficient (Wildman–Crippen LogP) is 1.94. The Morgan fingerprint density at radius 3 is 2.91 bits per heavy atom. The van der Waals surface area contributed by atoms with Crippen molar-refractivity contribution < 1.29 is 9.90 Å². The molecule has 0 radical (unpaired) electrons. The Labute approximate surface area is 131 Å². The SMILES string of the molecule is CN1C(=O)CCc2cc(CN3CCC(O)(C4CC4)C3)ccc21. The molecule has 1 aliphatic carbocycles. The van der Waals surface area contributed by atoms with Gasteiger partial charge in [0.25, 0.3) is 0 Å². The van der Waals surface area contributed by atoms with Crippen molar-refractivity contribution in [3.63, 3.8) is 0 Å². The molecule has 0 aromatic heterocycles. The zero-order valence-corrected chi connectivity index (χ0v) is 13.2. The summed E-state index contributed by atoms with van der Waals surface area (Å²) in [4.78, 5) is 15.9. The standard InChI is InChI=1S/C18H24N2O2/c1-19-16-6-2-13(10-14(16)3-7-17(19)21)11-20-9-8-18(22,12-20)15-4-5-15/h2,6,10,15,22H,3-5,7-9,11-12H2,1H3. The van der Waals surface area contributed by atoms with Crippen LogP contribution in [0.3, 0.4) is 0 Å². The molecule has 1 unspecified atom stereocenters. The second-order valence-electron chi connectivity index (χ2n) is 7.25. The number of aryl methyl sites for hydroxylation is 1. The third kappa shape index (κ3) is 2.44. The third-order valence-corrected chi connectivity index (χ3v) is 5.59. The van der Waals surface area contributed by atoms with E-state index in [1.165, 1.54) is 24.0 Å². The first-order valence-electron chi connectivity index (χ1n) is 8.38. The lowest BCUT2D eigenvalue weighted by Crippen LogP contribution is -2.35. The average Bonchev–Trinajstić information content (AvgIpc) is 3.29. The molecular formula is C18H24N2O2. The lowest BCUT2D eigenvalue weighted by atomic mass is 9.97. The van der Waals surface area contributed by atoms with Gasteiger partial charge in [0.05, 0.1) is 5.60 Å². The smallest absolute Gasteiger partial charge is 0.227 e. The van der Waals surface area contributed by atoms with Gasteiger partial charge in [-0.3, -0.25) is 9.69 Å². The number of aliphatic hydroxyl groups is 1. The molecule has 118 valence electrons. The first-order chi connectivity index (χ1) is 10.5. The number of β-amino-alcohol motifs (C(OH)–C–C–N with tert-alkyl or cyclic N) is 1. The topological polar surface area (TPSA) is 43.8 Å². The van der Waals surface area contributed by atoms with E-state index in [1.54, 1.807) is 4.90 Å². The summed E-state index contributed by atoms with van der Waals surface area (Å²) >= 11 is 0. The van der Waals surface area contributed by atoms with Crippen molar-refractivity contribution in [1.82, 2.24) is 4.90 Å². The summed E-state index contributed by atoms with van der Waals surface area (Å²) in [6.07, 6.45) is 4.77. The summed E-state index contributed by atoms with van der Waals surface area (Å²) in [5, 5.41) is 10.6. The molecule has 1 amide bonds. The number of hydrogen-bond acceptors (Lipinski definition) is 3. The molecule has 0 bridgehead atoms. The molecule has 2 fully saturated rings. The fourth-order valence-corrected chi connectivity index (χ4v) is 4.05. The van der Waals surface area contributed by atoms with Crippen molar-refractivity contribution in [3.8, 4) is 0 Å². The van der Waals surface area contributed by atoms with Gasteiger partial charge in [0, 0.05) is 38.8 Å². The molecule has 4 heteroatoms. The zero-order valence-electron chi connectivity index (χ0n) is 13.2. The normalized spacial score (nSPS) is 29.0. The van der Waals surface area contributed by atoms with E-state index >= 15 is 0 Å². The van der Waals surface area contributed by atoms with Gasteiger partial charge < -0.3 is 10.0 Å². The van der Waals surface area contributed by atoms with E-state index in [9.17, 15) is 9.90 Å². The van der Waals surface area contributed by atoms with Crippen molar-refractivity contribution in [2.24, 2.45) is 5.92 Å². The highest BCUT2D eigenvalue weighted by molar-refractivity contribution is 5.95. The molecule has 22 heavy (non-hydrogen) atoms. The first kappa shape index (κ1) is 14.2. The minimum absolute atomic E-state index is 0.203. The van der Waals surface area contributed by atoms with Crippen LogP contribution in [0.25, 0.3) is 0 Å². The van der Waals surface area contributed by atoms with Crippen LogP contribution in [0.5, 0.6) is 0 Å². The van der Waals surface area contributed by atoms with Crippen LogP contribution in [-0.2, 0) is 17.8 Å². The highest BCUT2D eigenvalue weighted by atomic mass is 16.3. The van der Waals surface area contributed by atoms with E-state index in [-0.39, 0.29) is 5.91 Å². The number of benzene rings is 1. The Bertz CT molecular complexity index is 611. The molecule has 1 aromatic rings. The van der Waals surface area contributed by atoms with Gasteiger partial charge in [-0.15, -0.1) is 0 Å². The fourth-order valence-electron chi connectivity index (χ4n) is 4.05. The Kier molecular flexibility index (Phi) is 3.27. The van der Waals surface area contributed by atoms with Gasteiger partial charge in [0.15, 0.2) is 0 Å². The monoisotopic (exact) mass is 300 g/mol. The van der Waals surface area contributed by atoms with Crippen LogP contribution < -0.4 is 4.90 Å². The zero-order chi connectivity index (χ0) is 15.3. The van der Waals surface area contributed by atoms with Crippen molar-refractivity contribution in [1.29, 1.82) is 0 Å². The fraction of sp³-hybridized carbons (Fsp3) is 0.611. The van der Waals surface area contributed by atoms with Gasteiger partial charge in [0.2, 0.25) is 5.91 Å². The van der Waals surface area contributed by atoms with E-state index < -0.39 is 5.60 Å². The highest BCUT2D eigenvalue weighted by Gasteiger charge is 2.47. The average molecular weight is 300 g/mol. The number of fused-ring (bicyclic) bond motifs is 1. The number of carbonyl (C=O) groups is 1. The molecular weight excluding hydrogens is 276 g/mol. The van der Waals surface area contributed by atoms with Crippen LogP contribution in [0, 0.1) is 5.92 Å². The van der Waals surface area contributed by atoms with Gasteiger partial charge in [-0.25, -0.2) is 0 Å². The molecule has 2 aliphatic heterocycles. The highest BCUT2D eigenvalue weighted by Crippen LogP contribution is 2.44. The molecule has 1 atom stereocenters. The van der Waals surface area contributed by atoms with Gasteiger partial charge >= 0.3 is 0 Å². The maximum Gasteiger partial charge on any atom is 0.227 e. The number of likely N-dealkylation sites (tertiary alicyclic amines) is 1. The summed E-state index contributed by atoms with van der Waals surface area (Å²) in [5.41, 5.74) is 3.19.